The normalized spacial score (nSPS) is 18.3. The topological polar surface area (TPSA) is 49.3 Å². The van der Waals surface area contributed by atoms with E-state index in [2.05, 4.69) is 28.1 Å². The first-order chi connectivity index (χ1) is 14.3. The average molecular weight is 551 g/mol. The van der Waals surface area contributed by atoms with E-state index in [1.165, 1.54) is 0 Å². The number of ether oxygens (including phenoxy) is 2. The molecule has 0 aromatic heterocycles. The van der Waals surface area contributed by atoms with Crippen molar-refractivity contribution in [2.24, 2.45) is 10.9 Å². The van der Waals surface area contributed by atoms with Gasteiger partial charge in [-0.15, -0.1) is 24.0 Å². The highest BCUT2D eigenvalue weighted by atomic mass is 127. The van der Waals surface area contributed by atoms with Crippen LogP contribution in [0.2, 0.25) is 5.02 Å². The molecule has 3 rings (SSSR count). The van der Waals surface area contributed by atoms with Gasteiger partial charge < -0.3 is 24.6 Å². The van der Waals surface area contributed by atoms with Crippen LogP contribution in [0.1, 0.15) is 26.2 Å². The number of benzene rings is 1. The van der Waals surface area contributed by atoms with Crippen molar-refractivity contribution < 1.29 is 9.47 Å². The highest BCUT2D eigenvalue weighted by molar-refractivity contribution is 14.0. The lowest BCUT2D eigenvalue weighted by Gasteiger charge is -2.38. The third-order valence-electron chi connectivity index (χ3n) is 5.51. The molecule has 0 atom stereocenters. The molecule has 2 aliphatic rings. The van der Waals surface area contributed by atoms with Crippen LogP contribution in [0.5, 0.6) is 0 Å². The highest BCUT2D eigenvalue weighted by Crippen LogP contribution is 2.26. The molecular weight excluding hydrogens is 515 g/mol. The standard InChI is InChI=1S/C22H35ClN4O2.HI/c1-2-24-22(25-10-5-15-29-18-19-8-16-28-17-9-19)27-13-11-26(12-14-27)21-7-4-3-6-20(21)23;/h3-4,6-7,19H,2,5,8-18H2,1H3,(H,24,25);1H. The Morgan fingerprint density at radius 2 is 1.93 bits per heavy atom. The van der Waals surface area contributed by atoms with E-state index in [1.54, 1.807) is 0 Å². The van der Waals surface area contributed by atoms with E-state index in [0.717, 1.165) is 102 Å². The first-order valence-corrected chi connectivity index (χ1v) is 11.3. The zero-order valence-electron chi connectivity index (χ0n) is 18.0. The Hall–Kier alpha value is -0.770. The van der Waals surface area contributed by atoms with Crippen molar-refractivity contribution in [3.05, 3.63) is 29.3 Å². The van der Waals surface area contributed by atoms with Gasteiger partial charge in [-0.05, 0) is 44.2 Å². The van der Waals surface area contributed by atoms with Crippen molar-refractivity contribution in [1.82, 2.24) is 10.2 Å². The van der Waals surface area contributed by atoms with Gasteiger partial charge in [0.2, 0.25) is 0 Å². The van der Waals surface area contributed by atoms with E-state index >= 15 is 0 Å². The van der Waals surface area contributed by atoms with Crippen LogP contribution < -0.4 is 10.2 Å². The average Bonchev–Trinajstić information content (AvgIpc) is 2.77. The molecule has 0 radical (unpaired) electrons. The summed E-state index contributed by atoms with van der Waals surface area (Å²) in [6.45, 7) is 11.0. The summed E-state index contributed by atoms with van der Waals surface area (Å²) in [5, 5.41) is 4.26. The van der Waals surface area contributed by atoms with Gasteiger partial charge in [-0.1, -0.05) is 23.7 Å². The number of nitrogens with one attached hydrogen (secondary N) is 1. The van der Waals surface area contributed by atoms with Crippen LogP contribution in [0.25, 0.3) is 0 Å². The number of halogens is 2. The monoisotopic (exact) mass is 550 g/mol. The number of rotatable bonds is 8. The molecule has 0 amide bonds. The summed E-state index contributed by atoms with van der Waals surface area (Å²) in [4.78, 5) is 9.52. The summed E-state index contributed by atoms with van der Waals surface area (Å²) in [7, 11) is 0. The summed E-state index contributed by atoms with van der Waals surface area (Å²) in [6.07, 6.45) is 3.21. The van der Waals surface area contributed by atoms with E-state index in [9.17, 15) is 0 Å². The van der Waals surface area contributed by atoms with Gasteiger partial charge in [-0.3, -0.25) is 4.99 Å². The fourth-order valence-electron chi connectivity index (χ4n) is 3.81. The van der Waals surface area contributed by atoms with Crippen molar-refractivity contribution in [3.63, 3.8) is 0 Å². The minimum atomic E-state index is 0. The number of hydrogen-bond acceptors (Lipinski definition) is 4. The van der Waals surface area contributed by atoms with Gasteiger partial charge in [0, 0.05) is 65.7 Å². The molecule has 2 aliphatic heterocycles. The van der Waals surface area contributed by atoms with Crippen molar-refractivity contribution >= 4 is 47.2 Å². The number of nitrogens with zero attached hydrogens (tertiary/aromatic N) is 3. The minimum absolute atomic E-state index is 0. The molecule has 170 valence electrons. The fraction of sp³-hybridized carbons (Fsp3) is 0.682. The van der Waals surface area contributed by atoms with Gasteiger partial charge in [0.15, 0.2) is 5.96 Å². The number of aliphatic imine (C=N–C) groups is 1. The van der Waals surface area contributed by atoms with Crippen molar-refractivity contribution in [2.45, 2.75) is 26.2 Å². The smallest absolute Gasteiger partial charge is 0.194 e. The number of guanidine groups is 1. The number of para-hydroxylation sites is 1. The summed E-state index contributed by atoms with van der Waals surface area (Å²) in [5.74, 6) is 1.68. The molecule has 1 aromatic carbocycles. The second kappa shape index (κ2) is 14.3. The van der Waals surface area contributed by atoms with Crippen molar-refractivity contribution in [1.29, 1.82) is 0 Å². The van der Waals surface area contributed by atoms with Gasteiger partial charge in [0.1, 0.15) is 0 Å². The Labute approximate surface area is 203 Å². The molecule has 0 aliphatic carbocycles. The molecule has 0 saturated carbocycles. The predicted octanol–water partition coefficient (Wildman–Crippen LogP) is 3.88. The molecule has 2 heterocycles. The second-order valence-electron chi connectivity index (χ2n) is 7.65. The van der Waals surface area contributed by atoms with Gasteiger partial charge in [-0.25, -0.2) is 0 Å². The molecule has 2 fully saturated rings. The molecular formula is C22H36ClIN4O2. The van der Waals surface area contributed by atoms with Crippen molar-refractivity contribution in [3.8, 4) is 0 Å². The third kappa shape index (κ3) is 8.05. The molecule has 8 heteroatoms. The maximum Gasteiger partial charge on any atom is 0.194 e. The molecule has 0 spiro atoms. The first-order valence-electron chi connectivity index (χ1n) is 11.0. The summed E-state index contributed by atoms with van der Waals surface area (Å²) in [6, 6.07) is 8.07. The maximum atomic E-state index is 6.36. The van der Waals surface area contributed by atoms with Crippen LogP contribution in [0.15, 0.2) is 29.3 Å². The van der Waals surface area contributed by atoms with Crippen LogP contribution in [0.3, 0.4) is 0 Å². The lowest BCUT2D eigenvalue weighted by molar-refractivity contribution is 0.0205. The molecule has 1 aromatic rings. The van der Waals surface area contributed by atoms with E-state index in [1.807, 2.05) is 18.2 Å². The Morgan fingerprint density at radius 1 is 1.20 bits per heavy atom. The van der Waals surface area contributed by atoms with E-state index < -0.39 is 0 Å². The van der Waals surface area contributed by atoms with E-state index in [4.69, 9.17) is 26.1 Å². The van der Waals surface area contributed by atoms with Gasteiger partial charge in [0.25, 0.3) is 0 Å². The molecule has 2 saturated heterocycles. The van der Waals surface area contributed by atoms with Crippen LogP contribution >= 0.6 is 35.6 Å². The Bertz CT molecular complexity index is 635. The largest absolute Gasteiger partial charge is 0.381 e. The zero-order chi connectivity index (χ0) is 20.3. The van der Waals surface area contributed by atoms with Crippen LogP contribution in [-0.2, 0) is 9.47 Å². The van der Waals surface area contributed by atoms with Gasteiger partial charge >= 0.3 is 0 Å². The predicted molar refractivity (Wildman–Crippen MR) is 136 cm³/mol. The Morgan fingerprint density at radius 3 is 2.63 bits per heavy atom. The maximum absolute atomic E-state index is 6.36. The van der Waals surface area contributed by atoms with E-state index in [0.29, 0.717) is 5.92 Å². The lowest BCUT2D eigenvalue weighted by Crippen LogP contribution is -2.52. The Balaban J connectivity index is 0.00000320. The van der Waals surface area contributed by atoms with Crippen LogP contribution in [-0.4, -0.2) is 76.6 Å². The van der Waals surface area contributed by atoms with E-state index in [-0.39, 0.29) is 24.0 Å². The lowest BCUT2D eigenvalue weighted by atomic mass is 10.0. The molecule has 0 unspecified atom stereocenters. The quantitative estimate of drug-likeness (QED) is 0.230. The number of piperazine rings is 1. The second-order valence-corrected chi connectivity index (χ2v) is 8.05. The first kappa shape index (κ1) is 25.5. The van der Waals surface area contributed by atoms with Crippen molar-refractivity contribution in [2.75, 3.05) is 70.6 Å². The summed E-state index contributed by atoms with van der Waals surface area (Å²) < 4.78 is 11.3. The molecule has 1 N–H and O–H groups in total. The summed E-state index contributed by atoms with van der Waals surface area (Å²) >= 11 is 6.36. The van der Waals surface area contributed by atoms with Crippen LogP contribution in [0.4, 0.5) is 5.69 Å². The third-order valence-corrected chi connectivity index (χ3v) is 5.83. The molecule has 6 nitrogen and oxygen atoms in total. The zero-order valence-corrected chi connectivity index (χ0v) is 21.1. The summed E-state index contributed by atoms with van der Waals surface area (Å²) in [5.41, 5.74) is 1.12. The molecule has 0 bridgehead atoms. The number of hydrogen-bond donors (Lipinski definition) is 1. The van der Waals surface area contributed by atoms with Gasteiger partial charge in [0.05, 0.1) is 10.7 Å². The molecule has 30 heavy (non-hydrogen) atoms. The minimum Gasteiger partial charge on any atom is -0.381 e. The highest BCUT2D eigenvalue weighted by Gasteiger charge is 2.21. The fourth-order valence-corrected chi connectivity index (χ4v) is 4.06. The SMILES string of the molecule is CCNC(=NCCCOCC1CCOCC1)N1CCN(c2ccccc2Cl)CC1.I. The Kier molecular flexibility index (Phi) is 12.2. The van der Waals surface area contributed by atoms with Gasteiger partial charge in [-0.2, -0.15) is 0 Å². The number of anilines is 1. The van der Waals surface area contributed by atoms with Crippen LogP contribution in [0, 0.1) is 5.92 Å².